The molecule has 0 radical (unpaired) electrons. The van der Waals surface area contributed by atoms with Gasteiger partial charge in [0.15, 0.2) is 0 Å². The second kappa shape index (κ2) is 7.36. The van der Waals surface area contributed by atoms with Gasteiger partial charge in [0, 0.05) is 11.1 Å². The Hall–Kier alpha value is -2.53. The van der Waals surface area contributed by atoms with Gasteiger partial charge in [-0.3, -0.25) is 4.79 Å². The molecule has 0 aliphatic carbocycles. The minimum Gasteiger partial charge on any atom is -0.494 e. The lowest BCUT2D eigenvalue weighted by Crippen LogP contribution is -2.13. The number of aromatic nitrogens is 1. The highest BCUT2D eigenvalue weighted by atomic mass is 32.2. The number of rotatable bonds is 5. The summed E-state index contributed by atoms with van der Waals surface area (Å²) in [6.45, 7) is 2.04. The molecule has 0 saturated carbocycles. The largest absolute Gasteiger partial charge is 0.494 e. The van der Waals surface area contributed by atoms with Crippen molar-refractivity contribution in [2.24, 2.45) is 0 Å². The van der Waals surface area contributed by atoms with Crippen LogP contribution in [0.5, 0.6) is 5.75 Å². The lowest BCUT2D eigenvalue weighted by molar-refractivity contribution is -0.113. The molecule has 1 aromatic heterocycles. The molecule has 0 saturated heterocycles. The predicted molar refractivity (Wildman–Crippen MR) is 98.8 cm³/mol. The number of benzene rings is 2. The van der Waals surface area contributed by atoms with Crippen LogP contribution in [0.4, 0.5) is 5.69 Å². The Morgan fingerprint density at radius 2 is 1.96 bits per heavy atom. The highest BCUT2D eigenvalue weighted by Crippen LogP contribution is 2.29. The van der Waals surface area contributed by atoms with Crippen molar-refractivity contribution in [3.63, 3.8) is 0 Å². The van der Waals surface area contributed by atoms with Crippen LogP contribution < -0.4 is 10.1 Å². The number of aryl methyl sites for hydroxylation is 1. The Bertz CT molecular complexity index is 866. The van der Waals surface area contributed by atoms with Gasteiger partial charge in [-0.2, -0.15) is 0 Å². The molecular formula is C19H18N2O2S. The first-order chi connectivity index (χ1) is 11.7. The smallest absolute Gasteiger partial charge is 0.234 e. The van der Waals surface area contributed by atoms with Gasteiger partial charge in [-0.1, -0.05) is 42.1 Å². The molecule has 1 heterocycles. The van der Waals surface area contributed by atoms with Crippen LogP contribution in [-0.4, -0.2) is 23.8 Å². The Kier molecular flexibility index (Phi) is 5.01. The average Bonchev–Trinajstić information content (AvgIpc) is 2.60. The molecule has 0 atom stereocenters. The SMILES string of the molecule is COc1cccc2c(C)cc(SCC(=O)Nc3ccccc3)nc12. The minimum atomic E-state index is -0.0502. The average molecular weight is 338 g/mol. The Balaban J connectivity index is 1.74. The van der Waals surface area contributed by atoms with E-state index in [-0.39, 0.29) is 5.91 Å². The summed E-state index contributed by atoms with van der Waals surface area (Å²) in [6, 6.07) is 17.3. The predicted octanol–water partition coefficient (Wildman–Crippen LogP) is 4.28. The van der Waals surface area contributed by atoms with Gasteiger partial charge >= 0.3 is 0 Å². The highest BCUT2D eigenvalue weighted by molar-refractivity contribution is 7.99. The second-order valence-corrected chi connectivity index (χ2v) is 6.33. The minimum absolute atomic E-state index is 0.0502. The topological polar surface area (TPSA) is 51.2 Å². The van der Waals surface area contributed by atoms with Crippen molar-refractivity contribution in [2.45, 2.75) is 11.9 Å². The first kappa shape index (κ1) is 16.3. The lowest BCUT2D eigenvalue weighted by Gasteiger charge is -2.09. The van der Waals surface area contributed by atoms with E-state index in [1.807, 2.05) is 61.5 Å². The van der Waals surface area contributed by atoms with E-state index >= 15 is 0 Å². The van der Waals surface area contributed by atoms with Crippen molar-refractivity contribution in [1.29, 1.82) is 0 Å². The summed E-state index contributed by atoms with van der Waals surface area (Å²) in [5.41, 5.74) is 2.74. The van der Waals surface area contributed by atoms with Crippen molar-refractivity contribution in [1.82, 2.24) is 4.98 Å². The first-order valence-electron chi connectivity index (χ1n) is 7.59. The van der Waals surface area contributed by atoms with E-state index in [0.717, 1.165) is 32.9 Å². The number of hydrogen-bond acceptors (Lipinski definition) is 4. The van der Waals surface area contributed by atoms with E-state index in [9.17, 15) is 4.79 Å². The number of nitrogens with one attached hydrogen (secondary N) is 1. The number of pyridine rings is 1. The normalized spacial score (nSPS) is 10.6. The summed E-state index contributed by atoms with van der Waals surface area (Å²) in [7, 11) is 1.64. The molecule has 3 rings (SSSR count). The molecule has 1 amide bonds. The van der Waals surface area contributed by atoms with Gasteiger partial charge in [0.25, 0.3) is 0 Å². The summed E-state index contributed by atoms with van der Waals surface area (Å²) in [5.74, 6) is 1.000. The summed E-state index contributed by atoms with van der Waals surface area (Å²) in [6.07, 6.45) is 0. The molecule has 0 spiro atoms. The third-order valence-corrected chi connectivity index (χ3v) is 4.53. The third kappa shape index (κ3) is 3.68. The number of thioether (sulfide) groups is 1. The number of amides is 1. The molecule has 24 heavy (non-hydrogen) atoms. The van der Waals surface area contributed by atoms with E-state index in [4.69, 9.17) is 4.74 Å². The maximum absolute atomic E-state index is 12.1. The molecule has 0 unspecified atom stereocenters. The number of hydrogen-bond donors (Lipinski definition) is 1. The first-order valence-corrected chi connectivity index (χ1v) is 8.58. The van der Waals surface area contributed by atoms with Crippen LogP contribution in [0.15, 0.2) is 59.6 Å². The Labute approximate surface area is 145 Å². The lowest BCUT2D eigenvalue weighted by atomic mass is 10.1. The molecule has 0 bridgehead atoms. The van der Waals surface area contributed by atoms with E-state index in [1.54, 1.807) is 7.11 Å². The van der Waals surface area contributed by atoms with E-state index < -0.39 is 0 Å². The molecule has 0 fully saturated rings. The van der Waals surface area contributed by atoms with Crippen molar-refractivity contribution in [3.8, 4) is 5.75 Å². The molecule has 4 nitrogen and oxygen atoms in total. The van der Waals surface area contributed by atoms with Gasteiger partial charge in [0.2, 0.25) is 5.91 Å². The number of fused-ring (bicyclic) bond motifs is 1. The maximum atomic E-state index is 12.1. The van der Waals surface area contributed by atoms with Gasteiger partial charge < -0.3 is 10.1 Å². The van der Waals surface area contributed by atoms with E-state index in [1.165, 1.54) is 11.8 Å². The van der Waals surface area contributed by atoms with Crippen LogP contribution in [0.1, 0.15) is 5.56 Å². The fourth-order valence-electron chi connectivity index (χ4n) is 2.46. The summed E-state index contributed by atoms with van der Waals surface area (Å²) < 4.78 is 5.39. The molecular weight excluding hydrogens is 320 g/mol. The number of para-hydroxylation sites is 2. The summed E-state index contributed by atoms with van der Waals surface area (Å²) >= 11 is 1.42. The summed E-state index contributed by atoms with van der Waals surface area (Å²) in [5, 5.41) is 4.75. The van der Waals surface area contributed by atoms with Crippen LogP contribution in [0, 0.1) is 6.92 Å². The van der Waals surface area contributed by atoms with Crippen LogP contribution in [0.2, 0.25) is 0 Å². The maximum Gasteiger partial charge on any atom is 0.234 e. The molecule has 3 aromatic rings. The van der Waals surface area contributed by atoms with Crippen molar-refractivity contribution in [2.75, 3.05) is 18.2 Å². The van der Waals surface area contributed by atoms with Gasteiger partial charge in [0.1, 0.15) is 11.3 Å². The number of nitrogens with zero attached hydrogens (tertiary/aromatic N) is 1. The zero-order valence-corrected chi connectivity index (χ0v) is 14.4. The highest BCUT2D eigenvalue weighted by Gasteiger charge is 2.10. The summed E-state index contributed by atoms with van der Waals surface area (Å²) in [4.78, 5) is 16.7. The number of carbonyl (C=O) groups excluding carboxylic acids is 1. The molecule has 122 valence electrons. The van der Waals surface area contributed by atoms with Crippen LogP contribution >= 0.6 is 11.8 Å². The molecule has 0 aliphatic heterocycles. The Morgan fingerprint density at radius 3 is 2.71 bits per heavy atom. The zero-order chi connectivity index (χ0) is 16.9. The zero-order valence-electron chi connectivity index (χ0n) is 13.6. The van der Waals surface area contributed by atoms with E-state index in [0.29, 0.717) is 5.75 Å². The molecule has 2 aromatic carbocycles. The van der Waals surface area contributed by atoms with Gasteiger partial charge in [-0.05, 0) is 36.8 Å². The fourth-order valence-corrected chi connectivity index (χ4v) is 3.23. The van der Waals surface area contributed by atoms with Crippen molar-refractivity contribution >= 4 is 34.3 Å². The molecule has 1 N–H and O–H groups in total. The van der Waals surface area contributed by atoms with Crippen molar-refractivity contribution < 1.29 is 9.53 Å². The van der Waals surface area contributed by atoms with Gasteiger partial charge in [-0.15, -0.1) is 0 Å². The van der Waals surface area contributed by atoms with Crippen LogP contribution in [-0.2, 0) is 4.79 Å². The van der Waals surface area contributed by atoms with Gasteiger partial charge in [-0.25, -0.2) is 4.98 Å². The number of methoxy groups -OCH3 is 1. The van der Waals surface area contributed by atoms with Crippen molar-refractivity contribution in [3.05, 3.63) is 60.2 Å². The molecule has 0 aliphatic rings. The quantitative estimate of drug-likeness (QED) is 0.705. The molecule has 5 heteroatoms. The number of carbonyl (C=O) groups is 1. The number of anilines is 1. The Morgan fingerprint density at radius 1 is 1.17 bits per heavy atom. The number of ether oxygens (including phenoxy) is 1. The van der Waals surface area contributed by atoms with E-state index in [2.05, 4.69) is 10.3 Å². The van der Waals surface area contributed by atoms with Crippen LogP contribution in [0.3, 0.4) is 0 Å². The second-order valence-electron chi connectivity index (χ2n) is 5.34. The third-order valence-electron chi connectivity index (χ3n) is 3.61. The monoisotopic (exact) mass is 338 g/mol. The van der Waals surface area contributed by atoms with Crippen LogP contribution in [0.25, 0.3) is 10.9 Å². The fraction of sp³-hybridized carbons (Fsp3) is 0.158. The van der Waals surface area contributed by atoms with Gasteiger partial charge in [0.05, 0.1) is 17.9 Å². The standard InChI is InChI=1S/C19H18N2O2S/c1-13-11-18(21-19-15(13)9-6-10-16(19)23-2)24-12-17(22)20-14-7-4-3-5-8-14/h3-11H,12H2,1-2H3,(H,20,22).